The molecule has 1 aromatic heterocycles. The van der Waals surface area contributed by atoms with Gasteiger partial charge in [-0.1, -0.05) is 37.6 Å². The molecular weight excluding hydrogens is 376 g/mol. The van der Waals surface area contributed by atoms with Crippen LogP contribution in [0.1, 0.15) is 25.3 Å². The lowest BCUT2D eigenvalue weighted by Gasteiger charge is -2.10. The predicted octanol–water partition coefficient (Wildman–Crippen LogP) is 4.42. The Morgan fingerprint density at radius 1 is 1.24 bits per heavy atom. The second-order valence-electron chi connectivity index (χ2n) is 4.83. The van der Waals surface area contributed by atoms with Gasteiger partial charge in [0.25, 0.3) is 10.0 Å². The van der Waals surface area contributed by atoms with E-state index in [0.29, 0.717) is 16.1 Å². The van der Waals surface area contributed by atoms with Crippen LogP contribution < -0.4 is 4.72 Å². The Bertz CT molecular complexity index is 746. The van der Waals surface area contributed by atoms with Crippen LogP contribution in [0.3, 0.4) is 0 Å². The number of nitrogens with zero attached hydrogens (tertiary/aromatic N) is 1. The van der Waals surface area contributed by atoms with E-state index < -0.39 is 10.0 Å². The predicted molar refractivity (Wildman–Crippen MR) is 88.3 cm³/mol. The van der Waals surface area contributed by atoms with Crippen LogP contribution in [0.5, 0.6) is 0 Å². The van der Waals surface area contributed by atoms with Gasteiger partial charge in [-0.25, -0.2) is 13.4 Å². The van der Waals surface area contributed by atoms with E-state index in [9.17, 15) is 8.42 Å². The third-order valence-electron chi connectivity index (χ3n) is 2.91. The molecule has 0 atom stereocenters. The number of aromatic nitrogens is 1. The fourth-order valence-electron chi connectivity index (χ4n) is 1.72. The van der Waals surface area contributed by atoms with Crippen LogP contribution in [0, 0.1) is 0 Å². The van der Waals surface area contributed by atoms with E-state index in [2.05, 4.69) is 39.5 Å². The minimum Gasteiger partial charge on any atom is -0.278 e. The van der Waals surface area contributed by atoms with Crippen LogP contribution in [0.2, 0.25) is 5.15 Å². The Morgan fingerprint density at radius 3 is 2.38 bits per heavy atom. The Morgan fingerprint density at radius 2 is 1.86 bits per heavy atom. The molecule has 112 valence electrons. The Balaban J connectivity index is 2.27. The maximum atomic E-state index is 12.3. The van der Waals surface area contributed by atoms with Crippen molar-refractivity contribution in [3.8, 4) is 0 Å². The molecule has 7 heteroatoms. The first-order valence-corrected chi connectivity index (χ1v) is 8.89. The zero-order chi connectivity index (χ0) is 15.6. The molecule has 0 saturated carbocycles. The number of rotatable bonds is 4. The number of anilines is 1. The maximum Gasteiger partial charge on any atom is 0.261 e. The molecule has 0 aliphatic rings. The maximum absolute atomic E-state index is 12.3. The monoisotopic (exact) mass is 388 g/mol. The highest BCUT2D eigenvalue weighted by atomic mass is 79.9. The van der Waals surface area contributed by atoms with E-state index in [4.69, 9.17) is 11.6 Å². The van der Waals surface area contributed by atoms with Gasteiger partial charge in [0.15, 0.2) is 0 Å². The molecule has 0 saturated heterocycles. The summed E-state index contributed by atoms with van der Waals surface area (Å²) in [6.07, 6.45) is 1.37. The van der Waals surface area contributed by atoms with E-state index >= 15 is 0 Å². The molecule has 2 rings (SSSR count). The number of pyridine rings is 1. The highest BCUT2D eigenvalue weighted by Crippen LogP contribution is 2.25. The first-order valence-electron chi connectivity index (χ1n) is 6.23. The Kier molecular flexibility index (Phi) is 4.91. The fraction of sp³-hybridized carbons (Fsp3) is 0.214. The summed E-state index contributed by atoms with van der Waals surface area (Å²) in [7, 11) is -3.64. The zero-order valence-corrected chi connectivity index (χ0v) is 14.6. The van der Waals surface area contributed by atoms with Gasteiger partial charge in [-0.2, -0.15) is 0 Å². The summed E-state index contributed by atoms with van der Waals surface area (Å²) in [4.78, 5) is 4.09. The number of halogens is 2. The van der Waals surface area contributed by atoms with E-state index in [1.807, 2.05) is 12.1 Å². The summed E-state index contributed by atoms with van der Waals surface area (Å²) >= 11 is 8.99. The molecule has 0 amide bonds. The smallest absolute Gasteiger partial charge is 0.261 e. The average Bonchev–Trinajstić information content (AvgIpc) is 2.43. The van der Waals surface area contributed by atoms with E-state index in [-0.39, 0.29) is 10.0 Å². The summed E-state index contributed by atoms with van der Waals surface area (Å²) in [6.45, 7) is 4.11. The van der Waals surface area contributed by atoms with Crippen molar-refractivity contribution in [2.75, 3.05) is 4.72 Å². The molecule has 0 bridgehead atoms. The molecule has 21 heavy (non-hydrogen) atoms. The van der Waals surface area contributed by atoms with Crippen molar-refractivity contribution in [3.63, 3.8) is 0 Å². The summed E-state index contributed by atoms with van der Waals surface area (Å²) in [5.41, 5.74) is 1.43. The molecule has 0 aliphatic heterocycles. The van der Waals surface area contributed by atoms with E-state index in [0.717, 1.165) is 5.56 Å². The van der Waals surface area contributed by atoms with Crippen LogP contribution in [-0.4, -0.2) is 13.4 Å². The first kappa shape index (κ1) is 16.3. The number of hydrogen-bond acceptors (Lipinski definition) is 3. The summed E-state index contributed by atoms with van der Waals surface area (Å²) < 4.78 is 27.6. The van der Waals surface area contributed by atoms with Crippen LogP contribution in [0.4, 0.5) is 5.69 Å². The molecule has 0 spiro atoms. The summed E-state index contributed by atoms with van der Waals surface area (Å²) in [6, 6.07) is 8.38. The van der Waals surface area contributed by atoms with Gasteiger partial charge in [0, 0.05) is 0 Å². The third kappa shape index (κ3) is 3.96. The van der Waals surface area contributed by atoms with Crippen molar-refractivity contribution < 1.29 is 8.42 Å². The van der Waals surface area contributed by atoms with Gasteiger partial charge in [0.1, 0.15) is 5.15 Å². The van der Waals surface area contributed by atoms with Crippen LogP contribution in [0.15, 0.2) is 45.9 Å². The molecule has 0 radical (unpaired) electrons. The SMILES string of the molecule is CC(C)c1ccc(S(=O)(=O)Nc2cnc(Cl)c(Br)c2)cc1. The minimum absolute atomic E-state index is 0.206. The van der Waals surface area contributed by atoms with Crippen LogP contribution in [0.25, 0.3) is 0 Å². The molecule has 4 nitrogen and oxygen atoms in total. The minimum atomic E-state index is -3.64. The largest absolute Gasteiger partial charge is 0.278 e. The standard InChI is InChI=1S/C14H14BrClN2O2S/c1-9(2)10-3-5-12(6-4-10)21(19,20)18-11-7-13(15)14(16)17-8-11/h3-9,18H,1-2H3. The number of benzene rings is 1. The van der Waals surface area contributed by atoms with Gasteiger partial charge >= 0.3 is 0 Å². The van der Waals surface area contributed by atoms with E-state index in [1.165, 1.54) is 6.20 Å². The Hall–Kier alpha value is -1.11. The van der Waals surface area contributed by atoms with Gasteiger partial charge in [0.2, 0.25) is 0 Å². The molecule has 1 N–H and O–H groups in total. The normalized spacial score (nSPS) is 11.7. The van der Waals surface area contributed by atoms with Gasteiger partial charge in [-0.15, -0.1) is 0 Å². The van der Waals surface area contributed by atoms with Crippen molar-refractivity contribution in [3.05, 3.63) is 51.7 Å². The molecule has 2 aromatic rings. The second-order valence-corrected chi connectivity index (χ2v) is 7.72. The van der Waals surface area contributed by atoms with Gasteiger partial charge in [-0.3, -0.25) is 4.72 Å². The molecule has 1 aromatic carbocycles. The number of nitrogens with one attached hydrogen (secondary N) is 1. The number of sulfonamides is 1. The molecule has 0 aliphatic carbocycles. The zero-order valence-electron chi connectivity index (χ0n) is 11.5. The quantitative estimate of drug-likeness (QED) is 0.787. The lowest BCUT2D eigenvalue weighted by atomic mass is 10.0. The first-order chi connectivity index (χ1) is 9.79. The van der Waals surface area contributed by atoms with E-state index in [1.54, 1.807) is 18.2 Å². The van der Waals surface area contributed by atoms with Crippen molar-refractivity contribution >= 4 is 43.2 Å². The molecular formula is C14H14BrClN2O2S. The van der Waals surface area contributed by atoms with Crippen molar-refractivity contribution in [1.82, 2.24) is 4.98 Å². The second kappa shape index (κ2) is 6.34. The third-order valence-corrected chi connectivity index (χ3v) is 5.44. The molecule has 0 unspecified atom stereocenters. The van der Waals surface area contributed by atoms with Crippen LogP contribution >= 0.6 is 27.5 Å². The summed E-state index contributed by atoms with van der Waals surface area (Å²) in [5, 5.41) is 0.277. The van der Waals surface area contributed by atoms with Crippen molar-refractivity contribution in [2.24, 2.45) is 0 Å². The van der Waals surface area contributed by atoms with Gasteiger partial charge in [0.05, 0.1) is 21.3 Å². The molecule has 1 heterocycles. The average molecular weight is 390 g/mol. The summed E-state index contributed by atoms with van der Waals surface area (Å²) in [5.74, 6) is 0.353. The van der Waals surface area contributed by atoms with Crippen LogP contribution in [-0.2, 0) is 10.0 Å². The topological polar surface area (TPSA) is 59.1 Å². The highest BCUT2D eigenvalue weighted by Gasteiger charge is 2.15. The lowest BCUT2D eigenvalue weighted by Crippen LogP contribution is -2.13. The lowest BCUT2D eigenvalue weighted by molar-refractivity contribution is 0.601. The highest BCUT2D eigenvalue weighted by molar-refractivity contribution is 9.10. The Labute approximate surface area is 137 Å². The molecule has 0 fully saturated rings. The number of hydrogen-bond donors (Lipinski definition) is 1. The van der Waals surface area contributed by atoms with Crippen molar-refractivity contribution in [1.29, 1.82) is 0 Å². The van der Waals surface area contributed by atoms with Gasteiger partial charge in [-0.05, 0) is 45.6 Å². The van der Waals surface area contributed by atoms with Crippen molar-refractivity contribution in [2.45, 2.75) is 24.7 Å². The van der Waals surface area contributed by atoms with Gasteiger partial charge < -0.3 is 0 Å². The fourth-order valence-corrected chi connectivity index (χ4v) is 3.21.